The Morgan fingerprint density at radius 2 is 1.69 bits per heavy atom. The van der Waals surface area contributed by atoms with Gasteiger partial charge in [-0.2, -0.15) is 4.31 Å². The summed E-state index contributed by atoms with van der Waals surface area (Å²) < 4.78 is 27.0. The van der Waals surface area contributed by atoms with Gasteiger partial charge in [0.15, 0.2) is 0 Å². The van der Waals surface area contributed by atoms with Crippen molar-refractivity contribution >= 4 is 15.9 Å². The smallest absolute Gasteiger partial charge is 0.253 e. The third-order valence-corrected chi connectivity index (χ3v) is 7.55. The van der Waals surface area contributed by atoms with Gasteiger partial charge in [-0.25, -0.2) is 8.42 Å². The second-order valence-corrected chi connectivity index (χ2v) is 9.61. The Kier molecular flexibility index (Phi) is 5.03. The molecule has 1 amide bonds. The first kappa shape index (κ1) is 17.9. The number of hydrogen-bond acceptors (Lipinski definition) is 4. The molecule has 142 valence electrons. The van der Waals surface area contributed by atoms with E-state index in [1.54, 1.807) is 24.3 Å². The van der Waals surface area contributed by atoms with Gasteiger partial charge in [-0.3, -0.25) is 9.69 Å². The van der Waals surface area contributed by atoms with Crippen LogP contribution in [0.3, 0.4) is 0 Å². The van der Waals surface area contributed by atoms with Crippen LogP contribution in [0.25, 0.3) is 0 Å². The van der Waals surface area contributed by atoms with Gasteiger partial charge in [0.05, 0.1) is 4.90 Å². The lowest BCUT2D eigenvalue weighted by molar-refractivity contribution is 0.0632. The molecule has 2 aliphatic heterocycles. The van der Waals surface area contributed by atoms with Gasteiger partial charge in [-0.15, -0.1) is 0 Å². The molecule has 0 spiro atoms. The quantitative estimate of drug-likeness (QED) is 0.783. The molecule has 26 heavy (non-hydrogen) atoms. The second-order valence-electron chi connectivity index (χ2n) is 7.68. The van der Waals surface area contributed by atoms with E-state index in [1.165, 1.54) is 17.1 Å². The molecule has 0 atom stereocenters. The van der Waals surface area contributed by atoms with Gasteiger partial charge in [-0.05, 0) is 49.8 Å². The Labute approximate surface area is 155 Å². The van der Waals surface area contributed by atoms with Crippen LogP contribution in [-0.2, 0) is 10.0 Å². The van der Waals surface area contributed by atoms with Crippen LogP contribution in [0.1, 0.15) is 36.0 Å². The molecule has 2 saturated heterocycles. The zero-order valence-corrected chi connectivity index (χ0v) is 16.0. The monoisotopic (exact) mass is 377 g/mol. The largest absolute Gasteiger partial charge is 0.336 e. The summed E-state index contributed by atoms with van der Waals surface area (Å²) in [5.41, 5.74) is 0.473. The topological polar surface area (TPSA) is 60.9 Å². The minimum Gasteiger partial charge on any atom is -0.336 e. The first-order valence-corrected chi connectivity index (χ1v) is 11.1. The van der Waals surface area contributed by atoms with Crippen LogP contribution in [0.15, 0.2) is 29.2 Å². The molecule has 0 N–H and O–H groups in total. The van der Waals surface area contributed by atoms with Crippen LogP contribution in [0, 0.1) is 5.92 Å². The summed E-state index contributed by atoms with van der Waals surface area (Å²) in [5.74, 6) is 0.805. The molecule has 0 aromatic heterocycles. The summed E-state index contributed by atoms with van der Waals surface area (Å²) in [6.07, 6.45) is 4.50. The van der Waals surface area contributed by atoms with Gasteiger partial charge in [0.1, 0.15) is 0 Å². The molecule has 0 radical (unpaired) electrons. The zero-order valence-electron chi connectivity index (χ0n) is 15.1. The number of rotatable bonds is 5. The van der Waals surface area contributed by atoms with Crippen molar-refractivity contribution in [2.24, 2.45) is 5.92 Å². The van der Waals surface area contributed by atoms with Gasteiger partial charge in [-0.1, -0.05) is 6.07 Å². The van der Waals surface area contributed by atoms with Gasteiger partial charge < -0.3 is 4.90 Å². The average molecular weight is 378 g/mol. The molecule has 0 unspecified atom stereocenters. The standard InChI is InChI=1S/C19H27N3O3S/c23-19(21-12-10-20(11-13-21)15-16-6-7-16)17-4-3-5-18(14-17)26(24,25)22-8-1-2-9-22/h3-5,14,16H,1-2,6-13,15H2. The van der Waals surface area contributed by atoms with Crippen molar-refractivity contribution in [3.8, 4) is 0 Å². The maximum absolute atomic E-state index is 12.8. The highest BCUT2D eigenvalue weighted by molar-refractivity contribution is 7.89. The zero-order chi connectivity index (χ0) is 18.1. The van der Waals surface area contributed by atoms with Gasteiger partial charge in [0, 0.05) is 51.4 Å². The highest BCUT2D eigenvalue weighted by Crippen LogP contribution is 2.30. The SMILES string of the molecule is O=C(c1cccc(S(=O)(=O)N2CCCC2)c1)N1CCN(CC2CC2)CC1. The molecule has 2 heterocycles. The fraction of sp³-hybridized carbons (Fsp3) is 0.632. The van der Waals surface area contributed by atoms with Crippen molar-refractivity contribution in [3.63, 3.8) is 0 Å². The number of sulfonamides is 1. The fourth-order valence-corrected chi connectivity index (χ4v) is 5.41. The number of amides is 1. The molecule has 3 aliphatic rings. The van der Waals surface area contributed by atoms with Crippen molar-refractivity contribution < 1.29 is 13.2 Å². The summed E-state index contributed by atoms with van der Waals surface area (Å²) in [7, 11) is -3.49. The minimum absolute atomic E-state index is 0.0606. The normalized spacial score (nSPS) is 22.7. The first-order valence-electron chi connectivity index (χ1n) is 9.66. The fourth-order valence-electron chi connectivity index (χ4n) is 3.85. The third kappa shape index (κ3) is 3.80. The van der Waals surface area contributed by atoms with Crippen LogP contribution >= 0.6 is 0 Å². The van der Waals surface area contributed by atoms with Crippen LogP contribution in [0.2, 0.25) is 0 Å². The van der Waals surface area contributed by atoms with E-state index in [1.807, 2.05) is 4.90 Å². The van der Waals surface area contributed by atoms with Gasteiger partial charge >= 0.3 is 0 Å². The van der Waals surface area contributed by atoms with Crippen LogP contribution < -0.4 is 0 Å². The van der Waals surface area contributed by atoms with E-state index in [2.05, 4.69) is 4.90 Å². The summed E-state index contributed by atoms with van der Waals surface area (Å²) in [5, 5.41) is 0. The summed E-state index contributed by atoms with van der Waals surface area (Å²) in [6, 6.07) is 6.55. The number of hydrogen-bond donors (Lipinski definition) is 0. The Morgan fingerprint density at radius 1 is 1.00 bits per heavy atom. The molecule has 1 aromatic carbocycles. The lowest BCUT2D eigenvalue weighted by atomic mass is 10.2. The van der Waals surface area contributed by atoms with E-state index in [9.17, 15) is 13.2 Å². The lowest BCUT2D eigenvalue weighted by Gasteiger charge is -2.34. The Morgan fingerprint density at radius 3 is 2.35 bits per heavy atom. The summed E-state index contributed by atoms with van der Waals surface area (Å²) >= 11 is 0. The summed E-state index contributed by atoms with van der Waals surface area (Å²) in [4.78, 5) is 17.4. The predicted octanol–water partition coefficient (Wildman–Crippen LogP) is 1.64. The number of carbonyl (C=O) groups excluding carboxylic acids is 1. The molecule has 0 bridgehead atoms. The number of benzene rings is 1. The van der Waals surface area contributed by atoms with Crippen LogP contribution in [0.5, 0.6) is 0 Å². The maximum atomic E-state index is 12.8. The maximum Gasteiger partial charge on any atom is 0.253 e. The Bertz CT molecular complexity index is 762. The molecule has 7 heteroatoms. The molecule has 4 rings (SSSR count). The van der Waals surface area contributed by atoms with Crippen molar-refractivity contribution in [3.05, 3.63) is 29.8 Å². The van der Waals surface area contributed by atoms with Crippen molar-refractivity contribution in [2.75, 3.05) is 45.8 Å². The molecular weight excluding hydrogens is 350 g/mol. The van der Waals surface area contributed by atoms with E-state index in [0.29, 0.717) is 31.7 Å². The number of nitrogens with zero attached hydrogens (tertiary/aromatic N) is 3. The highest BCUT2D eigenvalue weighted by Gasteiger charge is 2.30. The van der Waals surface area contributed by atoms with Crippen LogP contribution in [0.4, 0.5) is 0 Å². The van der Waals surface area contributed by atoms with E-state index < -0.39 is 10.0 Å². The summed E-state index contributed by atoms with van der Waals surface area (Å²) in [6.45, 7) is 5.56. The van der Waals surface area contributed by atoms with Crippen molar-refractivity contribution in [2.45, 2.75) is 30.6 Å². The van der Waals surface area contributed by atoms with Gasteiger partial charge in [0.25, 0.3) is 5.91 Å². The van der Waals surface area contributed by atoms with E-state index >= 15 is 0 Å². The number of carbonyl (C=O) groups is 1. The Hall–Kier alpha value is -1.44. The molecule has 6 nitrogen and oxygen atoms in total. The second kappa shape index (κ2) is 7.29. The minimum atomic E-state index is -3.49. The lowest BCUT2D eigenvalue weighted by Crippen LogP contribution is -2.49. The Balaban J connectivity index is 1.43. The van der Waals surface area contributed by atoms with E-state index in [4.69, 9.17) is 0 Å². The molecule has 1 saturated carbocycles. The van der Waals surface area contributed by atoms with Gasteiger partial charge in [0.2, 0.25) is 10.0 Å². The first-order chi connectivity index (χ1) is 12.5. The van der Waals surface area contributed by atoms with Crippen molar-refractivity contribution in [1.29, 1.82) is 0 Å². The highest BCUT2D eigenvalue weighted by atomic mass is 32.2. The predicted molar refractivity (Wildman–Crippen MR) is 99.5 cm³/mol. The molecule has 3 fully saturated rings. The third-order valence-electron chi connectivity index (χ3n) is 5.66. The number of piperazine rings is 1. The average Bonchev–Trinajstić information content (AvgIpc) is 3.29. The van der Waals surface area contributed by atoms with Crippen molar-refractivity contribution in [1.82, 2.24) is 14.1 Å². The molecule has 1 aliphatic carbocycles. The van der Waals surface area contributed by atoms with Crippen LogP contribution in [-0.4, -0.2) is 74.2 Å². The molecule has 1 aromatic rings. The van der Waals surface area contributed by atoms with E-state index in [0.717, 1.165) is 38.4 Å². The van der Waals surface area contributed by atoms with E-state index in [-0.39, 0.29) is 10.8 Å². The molecular formula is C19H27N3O3S.